The summed E-state index contributed by atoms with van der Waals surface area (Å²) in [5, 5.41) is 21.2. The van der Waals surface area contributed by atoms with Crippen LogP contribution in [0.15, 0.2) is 82.7 Å². The number of ether oxygens (including phenoxy) is 1. The third-order valence-corrected chi connectivity index (χ3v) is 8.99. The summed E-state index contributed by atoms with van der Waals surface area (Å²) in [6.07, 6.45) is 1.94. The van der Waals surface area contributed by atoms with E-state index in [1.54, 1.807) is 48.5 Å². The SMILES string of the molecule is CCCCOc1ccc(/C(O)=C2/C(=O)C(=O)N(c3nnc(SCc4ccc(Cl)cc4)s3)C2c2cccc(Cl)c2)cc1. The molecule has 3 aromatic carbocycles. The largest absolute Gasteiger partial charge is 0.507 e. The third kappa shape index (κ3) is 6.59. The second-order valence-electron chi connectivity index (χ2n) is 9.22. The number of unbranched alkanes of at least 4 members (excludes halogenated alkanes) is 1. The lowest BCUT2D eigenvalue weighted by Gasteiger charge is -2.22. The molecule has 210 valence electrons. The summed E-state index contributed by atoms with van der Waals surface area (Å²) in [5.74, 6) is -0.639. The molecule has 1 saturated heterocycles. The average molecular weight is 627 g/mol. The van der Waals surface area contributed by atoms with E-state index < -0.39 is 17.7 Å². The number of amides is 1. The van der Waals surface area contributed by atoms with Gasteiger partial charge in [0.05, 0.1) is 18.2 Å². The molecule has 1 aromatic heterocycles. The number of halogens is 2. The summed E-state index contributed by atoms with van der Waals surface area (Å²) < 4.78 is 6.34. The van der Waals surface area contributed by atoms with Crippen molar-refractivity contribution in [3.63, 3.8) is 0 Å². The first-order chi connectivity index (χ1) is 19.9. The molecule has 0 spiro atoms. The van der Waals surface area contributed by atoms with Gasteiger partial charge in [0, 0.05) is 21.4 Å². The van der Waals surface area contributed by atoms with E-state index >= 15 is 0 Å². The number of anilines is 1. The maximum absolute atomic E-state index is 13.4. The lowest BCUT2D eigenvalue weighted by Crippen LogP contribution is -2.29. The van der Waals surface area contributed by atoms with E-state index in [0.717, 1.165) is 18.4 Å². The van der Waals surface area contributed by atoms with Gasteiger partial charge in [0.2, 0.25) is 5.13 Å². The normalized spacial score (nSPS) is 16.4. The number of aliphatic hydroxyl groups is 1. The number of rotatable bonds is 10. The predicted molar refractivity (Wildman–Crippen MR) is 164 cm³/mol. The summed E-state index contributed by atoms with van der Waals surface area (Å²) >= 11 is 14.9. The number of nitrogens with zero attached hydrogens (tertiary/aromatic N) is 3. The summed E-state index contributed by atoms with van der Waals surface area (Å²) in [6, 6.07) is 20.2. The van der Waals surface area contributed by atoms with E-state index in [2.05, 4.69) is 17.1 Å². The Balaban J connectivity index is 1.48. The summed E-state index contributed by atoms with van der Waals surface area (Å²) in [5.41, 5.74) is 1.94. The van der Waals surface area contributed by atoms with Crippen LogP contribution in [0.25, 0.3) is 5.76 Å². The molecule has 1 aliphatic heterocycles. The van der Waals surface area contributed by atoms with Crippen molar-refractivity contribution in [1.29, 1.82) is 0 Å². The van der Waals surface area contributed by atoms with Gasteiger partial charge in [-0.25, -0.2) is 0 Å². The Labute approximate surface area is 255 Å². The monoisotopic (exact) mass is 625 g/mol. The summed E-state index contributed by atoms with van der Waals surface area (Å²) in [4.78, 5) is 28.2. The molecule has 4 aromatic rings. The van der Waals surface area contributed by atoms with Crippen molar-refractivity contribution in [2.45, 2.75) is 35.9 Å². The van der Waals surface area contributed by atoms with Crippen LogP contribution >= 0.6 is 46.3 Å². The van der Waals surface area contributed by atoms with Gasteiger partial charge < -0.3 is 9.84 Å². The van der Waals surface area contributed by atoms with E-state index in [1.165, 1.54) is 28.0 Å². The Morgan fingerprint density at radius 1 is 1.02 bits per heavy atom. The number of ketones is 1. The first-order valence-electron chi connectivity index (χ1n) is 12.9. The van der Waals surface area contributed by atoms with E-state index in [0.29, 0.717) is 43.6 Å². The van der Waals surface area contributed by atoms with Crippen LogP contribution in [0.1, 0.15) is 42.5 Å². The van der Waals surface area contributed by atoms with E-state index in [4.69, 9.17) is 27.9 Å². The second kappa shape index (κ2) is 13.1. The molecule has 0 aliphatic carbocycles. The van der Waals surface area contributed by atoms with Crippen molar-refractivity contribution in [2.75, 3.05) is 11.5 Å². The minimum Gasteiger partial charge on any atom is -0.507 e. The molecule has 1 fully saturated rings. The number of aromatic nitrogens is 2. The Morgan fingerprint density at radius 3 is 2.49 bits per heavy atom. The van der Waals surface area contributed by atoms with Crippen LogP contribution in [-0.2, 0) is 15.3 Å². The van der Waals surface area contributed by atoms with Crippen LogP contribution < -0.4 is 9.64 Å². The number of carbonyl (C=O) groups excluding carboxylic acids is 2. The van der Waals surface area contributed by atoms with Crippen molar-refractivity contribution in [3.05, 3.63) is 105 Å². The van der Waals surface area contributed by atoms with E-state index in [-0.39, 0.29) is 16.5 Å². The minimum absolute atomic E-state index is 0.0533. The highest BCUT2D eigenvalue weighted by Gasteiger charge is 2.48. The van der Waals surface area contributed by atoms with Gasteiger partial charge in [-0.15, -0.1) is 10.2 Å². The molecule has 1 unspecified atom stereocenters. The Bertz CT molecular complexity index is 1590. The number of thioether (sulfide) groups is 1. The molecular formula is C30H25Cl2N3O4S2. The molecule has 11 heteroatoms. The number of benzene rings is 3. The highest BCUT2D eigenvalue weighted by atomic mass is 35.5. The van der Waals surface area contributed by atoms with Gasteiger partial charge in [-0.1, -0.05) is 83.9 Å². The van der Waals surface area contributed by atoms with Crippen molar-refractivity contribution in [3.8, 4) is 5.75 Å². The molecule has 7 nitrogen and oxygen atoms in total. The zero-order valence-electron chi connectivity index (χ0n) is 21.9. The number of carbonyl (C=O) groups is 2. The van der Waals surface area contributed by atoms with Crippen molar-refractivity contribution in [1.82, 2.24) is 10.2 Å². The predicted octanol–water partition coefficient (Wildman–Crippen LogP) is 7.94. The fourth-order valence-electron chi connectivity index (χ4n) is 4.30. The van der Waals surface area contributed by atoms with Gasteiger partial charge in [0.1, 0.15) is 11.5 Å². The van der Waals surface area contributed by atoms with Crippen molar-refractivity contribution < 1.29 is 19.4 Å². The van der Waals surface area contributed by atoms with Crippen LogP contribution in [0.5, 0.6) is 5.75 Å². The molecule has 41 heavy (non-hydrogen) atoms. The molecule has 5 rings (SSSR count). The maximum atomic E-state index is 13.4. The smallest absolute Gasteiger partial charge is 0.301 e. The molecule has 1 amide bonds. The van der Waals surface area contributed by atoms with E-state index in [9.17, 15) is 14.7 Å². The van der Waals surface area contributed by atoms with Crippen LogP contribution in [0, 0.1) is 0 Å². The van der Waals surface area contributed by atoms with Crippen LogP contribution in [0.2, 0.25) is 10.0 Å². The Kier molecular flexibility index (Phi) is 9.29. The lowest BCUT2D eigenvalue weighted by atomic mass is 9.95. The third-order valence-electron chi connectivity index (χ3n) is 6.38. The average Bonchev–Trinajstić information content (AvgIpc) is 3.55. The summed E-state index contributed by atoms with van der Waals surface area (Å²) in [7, 11) is 0. The van der Waals surface area contributed by atoms with Crippen LogP contribution in [0.3, 0.4) is 0 Å². The number of hydrogen-bond acceptors (Lipinski definition) is 8. The van der Waals surface area contributed by atoms with Crippen LogP contribution in [-0.4, -0.2) is 33.6 Å². The Hall–Kier alpha value is -3.37. The molecule has 0 saturated carbocycles. The van der Waals surface area contributed by atoms with E-state index in [1.807, 2.05) is 24.3 Å². The van der Waals surface area contributed by atoms with Gasteiger partial charge in [0.25, 0.3) is 5.78 Å². The number of hydrogen-bond donors (Lipinski definition) is 1. The van der Waals surface area contributed by atoms with Crippen molar-refractivity contribution in [2.24, 2.45) is 0 Å². The molecule has 0 radical (unpaired) electrons. The molecule has 1 atom stereocenters. The number of aliphatic hydroxyl groups excluding tert-OH is 1. The lowest BCUT2D eigenvalue weighted by molar-refractivity contribution is -0.132. The van der Waals surface area contributed by atoms with Crippen molar-refractivity contribution >= 4 is 68.9 Å². The first-order valence-corrected chi connectivity index (χ1v) is 15.4. The molecule has 0 bridgehead atoms. The quantitative estimate of drug-likeness (QED) is 0.0477. The van der Waals surface area contributed by atoms with Crippen LogP contribution in [0.4, 0.5) is 5.13 Å². The molecule has 1 N–H and O–H groups in total. The highest BCUT2D eigenvalue weighted by molar-refractivity contribution is 8.00. The van der Waals surface area contributed by atoms with Gasteiger partial charge in [0.15, 0.2) is 4.34 Å². The number of Topliss-reactive ketones (excluding diaryl/α,β-unsaturated/α-hetero) is 1. The standard InChI is InChI=1S/C30H25Cl2N3O4S2/c1-2-3-15-39-23-13-9-19(10-14-23)26(36)24-25(20-5-4-6-22(32)16-20)35(28(38)27(24)37)29-33-34-30(41-29)40-17-18-7-11-21(31)12-8-18/h4-14,16,25,36H,2-3,15,17H2,1H3/b26-24-. The molecule has 2 heterocycles. The molecule has 1 aliphatic rings. The fraction of sp³-hybridized carbons (Fsp3) is 0.200. The maximum Gasteiger partial charge on any atom is 0.301 e. The first kappa shape index (κ1) is 29.1. The minimum atomic E-state index is -0.948. The fourth-order valence-corrected chi connectivity index (χ4v) is 6.45. The topological polar surface area (TPSA) is 92.6 Å². The highest BCUT2D eigenvalue weighted by Crippen LogP contribution is 2.44. The summed E-state index contributed by atoms with van der Waals surface area (Å²) in [6.45, 7) is 2.67. The van der Waals surface area contributed by atoms with Gasteiger partial charge in [-0.2, -0.15) is 0 Å². The zero-order chi connectivity index (χ0) is 28.9. The Morgan fingerprint density at radius 2 is 1.78 bits per heavy atom. The van der Waals surface area contributed by atoms with Gasteiger partial charge in [-0.3, -0.25) is 14.5 Å². The molecular weight excluding hydrogens is 601 g/mol. The second-order valence-corrected chi connectivity index (χ2v) is 12.3. The van der Waals surface area contributed by atoms with Gasteiger partial charge in [-0.05, 0) is 66.1 Å². The van der Waals surface area contributed by atoms with Gasteiger partial charge >= 0.3 is 5.91 Å². The zero-order valence-corrected chi connectivity index (χ0v) is 25.1.